The third-order valence-electron chi connectivity index (χ3n) is 4.45. The van der Waals surface area contributed by atoms with Gasteiger partial charge >= 0.3 is 0 Å². The number of nitrogens with zero attached hydrogens (tertiary/aromatic N) is 2. The average molecular weight is 474 g/mol. The molecule has 2 rings (SSSR count). The van der Waals surface area contributed by atoms with E-state index in [-0.39, 0.29) is 36.4 Å². The van der Waals surface area contributed by atoms with Crippen LogP contribution in [0.25, 0.3) is 0 Å². The Morgan fingerprint density at radius 3 is 2.58 bits per heavy atom. The summed E-state index contributed by atoms with van der Waals surface area (Å²) in [5.41, 5.74) is 1.02. The van der Waals surface area contributed by atoms with Crippen LogP contribution < -0.4 is 15.4 Å². The van der Waals surface area contributed by atoms with Gasteiger partial charge in [-0.05, 0) is 18.9 Å². The number of hydrogen-bond donors (Lipinski definition) is 2. The third-order valence-corrected chi connectivity index (χ3v) is 4.45. The van der Waals surface area contributed by atoms with Crippen molar-refractivity contribution in [2.24, 2.45) is 4.99 Å². The predicted octanol–water partition coefficient (Wildman–Crippen LogP) is 2.77. The van der Waals surface area contributed by atoms with E-state index < -0.39 is 0 Å². The maximum atomic E-state index is 11.9. The van der Waals surface area contributed by atoms with Crippen LogP contribution in [0, 0.1) is 0 Å². The molecule has 0 saturated heterocycles. The molecule has 7 heteroatoms. The second-order valence-corrected chi connectivity index (χ2v) is 6.60. The predicted molar refractivity (Wildman–Crippen MR) is 116 cm³/mol. The summed E-state index contributed by atoms with van der Waals surface area (Å²) < 4.78 is 5.39. The smallest absolute Gasteiger partial charge is 0.241 e. The van der Waals surface area contributed by atoms with Crippen LogP contribution in [0.5, 0.6) is 5.75 Å². The number of likely N-dealkylation sites (N-methyl/N-ethyl adjacent to an activating group) is 1. The molecule has 0 bridgehead atoms. The molecule has 0 heterocycles. The Labute approximate surface area is 173 Å². The van der Waals surface area contributed by atoms with Crippen molar-refractivity contribution in [3.05, 3.63) is 29.8 Å². The van der Waals surface area contributed by atoms with Gasteiger partial charge in [0.15, 0.2) is 5.96 Å². The van der Waals surface area contributed by atoms with Gasteiger partial charge < -0.3 is 20.3 Å². The van der Waals surface area contributed by atoms with Gasteiger partial charge in [-0.15, -0.1) is 24.0 Å². The van der Waals surface area contributed by atoms with E-state index in [4.69, 9.17) is 4.74 Å². The summed E-state index contributed by atoms with van der Waals surface area (Å²) in [6.45, 7) is 0.736. The number of carbonyl (C=O) groups is 1. The molecule has 6 nitrogen and oxygen atoms in total. The van der Waals surface area contributed by atoms with Gasteiger partial charge in [-0.2, -0.15) is 0 Å². The molecule has 2 N–H and O–H groups in total. The first-order valence-electron chi connectivity index (χ1n) is 8.97. The van der Waals surface area contributed by atoms with Crippen LogP contribution in [0.4, 0.5) is 0 Å². The number of guanidine groups is 1. The molecule has 0 radical (unpaired) electrons. The van der Waals surface area contributed by atoms with Gasteiger partial charge in [0.2, 0.25) is 5.91 Å². The fraction of sp³-hybridized carbons (Fsp3) is 0.579. The summed E-state index contributed by atoms with van der Waals surface area (Å²) in [5, 5.41) is 6.65. The molecule has 1 amide bonds. The first kappa shape index (κ1) is 22.5. The molecule has 0 unspecified atom stereocenters. The quantitative estimate of drug-likeness (QED) is 0.378. The number of hydrogen-bond acceptors (Lipinski definition) is 3. The molecule has 1 aliphatic rings. The minimum absolute atomic E-state index is 0. The minimum Gasteiger partial charge on any atom is -0.496 e. The van der Waals surface area contributed by atoms with Gasteiger partial charge in [-0.1, -0.05) is 37.5 Å². The molecule has 0 aliphatic heterocycles. The van der Waals surface area contributed by atoms with Gasteiger partial charge in [0, 0.05) is 25.7 Å². The van der Waals surface area contributed by atoms with Crippen LogP contribution in [0.1, 0.15) is 37.7 Å². The molecule has 146 valence electrons. The highest BCUT2D eigenvalue weighted by atomic mass is 127. The van der Waals surface area contributed by atoms with Crippen molar-refractivity contribution < 1.29 is 9.53 Å². The lowest BCUT2D eigenvalue weighted by atomic mass is 9.96. The monoisotopic (exact) mass is 474 g/mol. The number of nitrogens with one attached hydrogen (secondary N) is 2. The number of benzene rings is 1. The number of ether oxygens (including phenoxy) is 1. The molecule has 1 fully saturated rings. The Kier molecular flexibility index (Phi) is 10.4. The maximum Gasteiger partial charge on any atom is 0.241 e. The molecule has 1 aromatic carbocycles. The van der Waals surface area contributed by atoms with Gasteiger partial charge in [0.05, 0.1) is 20.2 Å². The lowest BCUT2D eigenvalue weighted by Gasteiger charge is -2.25. The van der Waals surface area contributed by atoms with E-state index >= 15 is 0 Å². The van der Waals surface area contributed by atoms with Crippen LogP contribution in [-0.2, 0) is 11.3 Å². The van der Waals surface area contributed by atoms with Crippen LogP contribution in [0.15, 0.2) is 29.3 Å². The average Bonchev–Trinajstić information content (AvgIpc) is 2.64. The highest BCUT2D eigenvalue weighted by molar-refractivity contribution is 14.0. The van der Waals surface area contributed by atoms with Crippen LogP contribution in [0.3, 0.4) is 0 Å². The fourth-order valence-corrected chi connectivity index (χ4v) is 2.91. The van der Waals surface area contributed by atoms with E-state index in [1.807, 2.05) is 24.3 Å². The Morgan fingerprint density at radius 2 is 1.92 bits per heavy atom. The molecular formula is C19H31IN4O2. The van der Waals surface area contributed by atoms with Gasteiger partial charge in [0.1, 0.15) is 5.75 Å². The Balaban J connectivity index is 0.00000338. The van der Waals surface area contributed by atoms with E-state index in [9.17, 15) is 4.79 Å². The number of aliphatic imine (C=N–C) groups is 1. The van der Waals surface area contributed by atoms with Crippen molar-refractivity contribution in [2.75, 3.05) is 27.7 Å². The van der Waals surface area contributed by atoms with Crippen molar-refractivity contribution in [1.82, 2.24) is 15.5 Å². The lowest BCUT2D eigenvalue weighted by Crippen LogP contribution is -2.47. The zero-order valence-corrected chi connectivity index (χ0v) is 18.3. The maximum absolute atomic E-state index is 11.9. The third kappa shape index (κ3) is 7.39. The second kappa shape index (κ2) is 12.0. The Morgan fingerprint density at radius 1 is 1.23 bits per heavy atom. The number of methoxy groups -OCH3 is 1. The summed E-state index contributed by atoms with van der Waals surface area (Å²) in [5.74, 6) is 1.54. The highest BCUT2D eigenvalue weighted by Gasteiger charge is 2.15. The van der Waals surface area contributed by atoms with Gasteiger partial charge in [0.25, 0.3) is 0 Å². The van der Waals surface area contributed by atoms with Crippen molar-refractivity contribution in [3.8, 4) is 5.75 Å². The zero-order chi connectivity index (χ0) is 18.1. The molecule has 1 saturated carbocycles. The van der Waals surface area contributed by atoms with E-state index in [1.165, 1.54) is 19.3 Å². The van der Waals surface area contributed by atoms with Crippen LogP contribution in [0.2, 0.25) is 0 Å². The molecule has 0 aromatic heterocycles. The van der Waals surface area contributed by atoms with Crippen molar-refractivity contribution >= 4 is 35.8 Å². The van der Waals surface area contributed by atoms with Crippen LogP contribution >= 0.6 is 24.0 Å². The second-order valence-electron chi connectivity index (χ2n) is 6.60. The van der Waals surface area contributed by atoms with E-state index in [2.05, 4.69) is 15.6 Å². The first-order valence-corrected chi connectivity index (χ1v) is 8.97. The molecule has 1 aliphatic carbocycles. The summed E-state index contributed by atoms with van der Waals surface area (Å²) >= 11 is 0. The normalized spacial score (nSPS) is 15.0. The van der Waals surface area contributed by atoms with Crippen molar-refractivity contribution in [2.45, 2.75) is 44.7 Å². The van der Waals surface area contributed by atoms with Gasteiger partial charge in [-0.3, -0.25) is 4.79 Å². The summed E-state index contributed by atoms with van der Waals surface area (Å²) in [7, 11) is 5.17. The van der Waals surface area contributed by atoms with E-state index in [0.717, 1.165) is 24.2 Å². The molecular weight excluding hydrogens is 443 g/mol. The Bertz CT molecular complexity index is 587. The number of rotatable bonds is 6. The van der Waals surface area contributed by atoms with Gasteiger partial charge in [-0.25, -0.2) is 4.99 Å². The molecule has 26 heavy (non-hydrogen) atoms. The standard InChI is InChI=1S/C19H30N4O2.HI/c1-23(2)18(24)14-21-19(22-16-10-5-4-6-11-16)20-13-15-9-7-8-12-17(15)25-3;/h7-9,12,16H,4-6,10-11,13-14H2,1-3H3,(H2,20,21,22);1H. The molecule has 1 aromatic rings. The van der Waals surface area contributed by atoms with Crippen molar-refractivity contribution in [1.29, 1.82) is 0 Å². The largest absolute Gasteiger partial charge is 0.496 e. The lowest BCUT2D eigenvalue weighted by molar-refractivity contribution is -0.127. The Hall–Kier alpha value is -1.51. The number of para-hydroxylation sites is 1. The highest BCUT2D eigenvalue weighted by Crippen LogP contribution is 2.19. The summed E-state index contributed by atoms with van der Waals surface area (Å²) in [6, 6.07) is 8.28. The summed E-state index contributed by atoms with van der Waals surface area (Å²) in [4.78, 5) is 18.1. The molecule has 0 spiro atoms. The zero-order valence-electron chi connectivity index (χ0n) is 16.0. The first-order chi connectivity index (χ1) is 12.1. The summed E-state index contributed by atoms with van der Waals surface area (Å²) in [6.07, 6.45) is 6.09. The molecule has 0 atom stereocenters. The SMILES string of the molecule is COc1ccccc1CN=C(NCC(=O)N(C)C)NC1CCCCC1.I. The number of halogens is 1. The fourth-order valence-electron chi connectivity index (χ4n) is 2.91. The van der Waals surface area contributed by atoms with Crippen molar-refractivity contribution in [3.63, 3.8) is 0 Å². The number of carbonyl (C=O) groups excluding carboxylic acids is 1. The van der Waals surface area contributed by atoms with E-state index in [0.29, 0.717) is 18.5 Å². The van der Waals surface area contributed by atoms with E-state index in [1.54, 1.807) is 26.1 Å². The van der Waals surface area contributed by atoms with Crippen LogP contribution in [-0.4, -0.2) is 50.6 Å². The number of amides is 1. The topological polar surface area (TPSA) is 66.0 Å². The minimum atomic E-state index is 0.